The van der Waals surface area contributed by atoms with Crippen LogP contribution in [-0.2, 0) is 6.42 Å². The number of benzene rings is 1. The lowest BCUT2D eigenvalue weighted by Gasteiger charge is -2.10. The van der Waals surface area contributed by atoms with Crippen molar-refractivity contribution in [3.63, 3.8) is 0 Å². The molecule has 0 heterocycles. The third kappa shape index (κ3) is 2.61. The van der Waals surface area contributed by atoms with Crippen LogP contribution in [0.4, 0.5) is 0 Å². The Bertz CT molecular complexity index is 299. The Morgan fingerprint density at radius 3 is 2.69 bits per heavy atom. The van der Waals surface area contributed by atoms with Crippen molar-refractivity contribution in [2.24, 2.45) is 0 Å². The molecule has 0 amide bonds. The summed E-state index contributed by atoms with van der Waals surface area (Å²) in [7, 11) is 1.69. The van der Waals surface area contributed by atoms with Crippen molar-refractivity contribution in [1.82, 2.24) is 0 Å². The minimum Gasteiger partial charge on any atom is -0.496 e. The molecule has 0 N–H and O–H groups in total. The van der Waals surface area contributed by atoms with Crippen LogP contribution in [0, 0.1) is 6.92 Å². The van der Waals surface area contributed by atoms with E-state index in [1.54, 1.807) is 7.11 Å². The van der Waals surface area contributed by atoms with Crippen molar-refractivity contribution in [3.05, 3.63) is 28.3 Å². The molecule has 0 spiro atoms. The molecule has 0 bridgehead atoms. The van der Waals surface area contributed by atoms with Gasteiger partial charge in [0.2, 0.25) is 0 Å². The molecule has 1 aromatic rings. The smallest absolute Gasteiger partial charge is 0.125 e. The number of halogens is 2. The number of hydrogen-bond donors (Lipinski definition) is 0. The fourth-order valence-electron chi connectivity index (χ4n) is 1.38. The van der Waals surface area contributed by atoms with E-state index >= 15 is 0 Å². The van der Waals surface area contributed by atoms with Crippen molar-refractivity contribution >= 4 is 27.5 Å². The number of ether oxygens (including phenoxy) is 1. The predicted octanol–water partition coefficient (Wildman–Crippen LogP) is 3.59. The third-order valence-corrected chi connectivity index (χ3v) is 2.50. The summed E-state index contributed by atoms with van der Waals surface area (Å²) >= 11 is 9.34. The molecule has 0 aliphatic heterocycles. The summed E-state index contributed by atoms with van der Waals surface area (Å²) in [6, 6.07) is 3.87. The molecule has 3 heteroatoms. The lowest BCUT2D eigenvalue weighted by atomic mass is 10.1. The van der Waals surface area contributed by atoms with Gasteiger partial charge in [-0.1, -0.05) is 27.5 Å². The average molecular weight is 264 g/mol. The maximum absolute atomic E-state index is 5.94. The van der Waals surface area contributed by atoms with Crippen molar-refractivity contribution in [2.75, 3.05) is 12.4 Å². The molecule has 1 nitrogen and oxygen atoms in total. The van der Waals surface area contributed by atoms with Gasteiger partial charge >= 0.3 is 0 Å². The second-order valence-corrected chi connectivity index (χ2v) is 4.08. The van der Waals surface area contributed by atoms with E-state index in [2.05, 4.69) is 15.9 Å². The predicted molar refractivity (Wildman–Crippen MR) is 60.2 cm³/mol. The SMILES string of the molecule is COc1c(C)cc(Cl)cc1CCBr. The maximum Gasteiger partial charge on any atom is 0.125 e. The molecular formula is C10H12BrClO. The number of alkyl halides is 1. The number of hydrogen-bond acceptors (Lipinski definition) is 1. The van der Waals surface area contributed by atoms with E-state index in [0.717, 1.165) is 33.6 Å². The molecular weight excluding hydrogens is 251 g/mol. The molecule has 1 rings (SSSR count). The molecule has 0 radical (unpaired) electrons. The van der Waals surface area contributed by atoms with Crippen LogP contribution in [0.1, 0.15) is 11.1 Å². The highest BCUT2D eigenvalue weighted by atomic mass is 79.9. The Hall–Kier alpha value is -0.210. The first-order valence-corrected chi connectivity index (χ1v) is 5.58. The molecule has 1 aromatic carbocycles. The molecule has 13 heavy (non-hydrogen) atoms. The summed E-state index contributed by atoms with van der Waals surface area (Å²) in [4.78, 5) is 0. The second-order valence-electron chi connectivity index (χ2n) is 2.85. The standard InChI is InChI=1S/C10H12BrClO/c1-7-5-9(12)6-8(3-4-11)10(7)13-2/h5-6H,3-4H2,1-2H3. The van der Waals surface area contributed by atoms with Crippen molar-refractivity contribution in [3.8, 4) is 5.75 Å². The minimum absolute atomic E-state index is 0.772. The second kappa shape index (κ2) is 4.87. The van der Waals surface area contributed by atoms with E-state index in [0.29, 0.717) is 0 Å². The van der Waals surface area contributed by atoms with Crippen LogP contribution in [0.3, 0.4) is 0 Å². The highest BCUT2D eigenvalue weighted by molar-refractivity contribution is 9.09. The zero-order valence-corrected chi connectivity index (χ0v) is 10.1. The van der Waals surface area contributed by atoms with Crippen LogP contribution in [0.5, 0.6) is 5.75 Å². The Morgan fingerprint density at radius 1 is 1.46 bits per heavy atom. The van der Waals surface area contributed by atoms with E-state index in [9.17, 15) is 0 Å². The normalized spacial score (nSPS) is 10.2. The van der Waals surface area contributed by atoms with Crippen LogP contribution in [0.15, 0.2) is 12.1 Å². The molecule has 0 aromatic heterocycles. The minimum atomic E-state index is 0.772. The number of rotatable bonds is 3. The zero-order valence-electron chi connectivity index (χ0n) is 7.73. The van der Waals surface area contributed by atoms with E-state index in [-0.39, 0.29) is 0 Å². The fraction of sp³-hybridized carbons (Fsp3) is 0.400. The van der Waals surface area contributed by atoms with Gasteiger partial charge in [0.15, 0.2) is 0 Å². The van der Waals surface area contributed by atoms with Gasteiger partial charge < -0.3 is 4.74 Å². The van der Waals surface area contributed by atoms with Gasteiger partial charge in [-0.15, -0.1) is 0 Å². The van der Waals surface area contributed by atoms with Gasteiger partial charge in [-0.2, -0.15) is 0 Å². The first-order valence-electron chi connectivity index (χ1n) is 4.08. The fourth-order valence-corrected chi connectivity index (χ4v) is 2.10. The Balaban J connectivity index is 3.13. The Morgan fingerprint density at radius 2 is 2.15 bits per heavy atom. The van der Waals surface area contributed by atoms with Crippen LogP contribution in [0.25, 0.3) is 0 Å². The first kappa shape index (κ1) is 10.9. The molecule has 0 aliphatic rings. The van der Waals surface area contributed by atoms with Crippen molar-refractivity contribution < 1.29 is 4.74 Å². The lowest BCUT2D eigenvalue weighted by molar-refractivity contribution is 0.407. The molecule has 0 unspecified atom stereocenters. The van der Waals surface area contributed by atoms with Crippen molar-refractivity contribution in [2.45, 2.75) is 13.3 Å². The van der Waals surface area contributed by atoms with Crippen molar-refractivity contribution in [1.29, 1.82) is 0 Å². The molecule has 0 aliphatic carbocycles. The topological polar surface area (TPSA) is 9.23 Å². The molecule has 0 atom stereocenters. The Labute approximate surface area is 92.2 Å². The molecule has 72 valence electrons. The van der Waals surface area contributed by atoms with Crippen LogP contribution in [0.2, 0.25) is 5.02 Å². The van der Waals surface area contributed by atoms with E-state index < -0.39 is 0 Å². The number of aryl methyl sites for hydroxylation is 2. The highest BCUT2D eigenvalue weighted by Gasteiger charge is 2.06. The first-order chi connectivity index (χ1) is 6.19. The van der Waals surface area contributed by atoms with Gasteiger partial charge in [-0.3, -0.25) is 0 Å². The average Bonchev–Trinajstić information content (AvgIpc) is 2.04. The summed E-state index contributed by atoms with van der Waals surface area (Å²) in [6.07, 6.45) is 0.935. The van der Waals surface area contributed by atoms with Crippen LogP contribution >= 0.6 is 27.5 Å². The largest absolute Gasteiger partial charge is 0.496 e. The molecule has 0 saturated carbocycles. The summed E-state index contributed by atoms with van der Waals surface area (Å²) in [5.41, 5.74) is 2.25. The van der Waals surface area contributed by atoms with E-state index in [1.165, 1.54) is 0 Å². The summed E-state index contributed by atoms with van der Waals surface area (Å²) in [5.74, 6) is 0.948. The van der Waals surface area contributed by atoms with E-state index in [1.807, 2.05) is 19.1 Å². The zero-order chi connectivity index (χ0) is 9.84. The quantitative estimate of drug-likeness (QED) is 0.757. The molecule has 0 fully saturated rings. The Kier molecular flexibility index (Phi) is 4.07. The maximum atomic E-state index is 5.94. The lowest BCUT2D eigenvalue weighted by Crippen LogP contribution is -1.95. The summed E-state index contributed by atoms with van der Waals surface area (Å²) in [6.45, 7) is 2.00. The van der Waals surface area contributed by atoms with Gasteiger partial charge in [0.1, 0.15) is 5.75 Å². The van der Waals surface area contributed by atoms with E-state index in [4.69, 9.17) is 16.3 Å². The third-order valence-electron chi connectivity index (χ3n) is 1.88. The van der Waals surface area contributed by atoms with Crippen LogP contribution in [-0.4, -0.2) is 12.4 Å². The van der Waals surface area contributed by atoms with Gasteiger partial charge in [0, 0.05) is 10.4 Å². The summed E-state index contributed by atoms with van der Waals surface area (Å²) < 4.78 is 5.30. The van der Waals surface area contributed by atoms with Gasteiger partial charge in [0.25, 0.3) is 0 Å². The van der Waals surface area contributed by atoms with Gasteiger partial charge in [0.05, 0.1) is 7.11 Å². The monoisotopic (exact) mass is 262 g/mol. The van der Waals surface area contributed by atoms with Gasteiger partial charge in [-0.25, -0.2) is 0 Å². The molecule has 0 saturated heterocycles. The highest BCUT2D eigenvalue weighted by Crippen LogP contribution is 2.28. The van der Waals surface area contributed by atoms with Crippen LogP contribution < -0.4 is 4.74 Å². The van der Waals surface area contributed by atoms with Gasteiger partial charge in [-0.05, 0) is 36.6 Å². The number of methoxy groups -OCH3 is 1. The summed E-state index contributed by atoms with van der Waals surface area (Å²) in [5, 5.41) is 1.69.